The number of nitrogens with one attached hydrogen (secondary N) is 2. The Bertz CT molecular complexity index is 1910. The molecule has 0 saturated heterocycles. The van der Waals surface area contributed by atoms with Crippen molar-refractivity contribution in [1.29, 1.82) is 5.26 Å². The molecule has 5 aromatic rings. The summed E-state index contributed by atoms with van der Waals surface area (Å²) in [6.07, 6.45) is 4.78. The fourth-order valence-electron chi connectivity index (χ4n) is 5.56. The predicted molar refractivity (Wildman–Crippen MR) is 173 cm³/mol. The van der Waals surface area contributed by atoms with Crippen LogP contribution in [0.2, 0.25) is 5.02 Å². The van der Waals surface area contributed by atoms with Gasteiger partial charge in [0.1, 0.15) is 17.3 Å². The largest absolute Gasteiger partial charge is 0.383 e. The topological polar surface area (TPSA) is 104 Å². The third-order valence-electron chi connectivity index (χ3n) is 8.26. The van der Waals surface area contributed by atoms with E-state index >= 15 is 0 Å². The number of hydrogen-bond acceptors (Lipinski definition) is 7. The number of benzene rings is 2. The maximum atomic E-state index is 14.0. The van der Waals surface area contributed by atoms with Gasteiger partial charge in [-0.3, -0.25) is 9.97 Å². The number of nitrogens with zero attached hydrogens (tertiary/aromatic N) is 6. The number of aromatic nitrogens is 5. The summed E-state index contributed by atoms with van der Waals surface area (Å²) in [4.78, 5) is 8.63. The molecular formula is C34H33ClF2N8. The molecule has 45 heavy (non-hydrogen) atoms. The summed E-state index contributed by atoms with van der Waals surface area (Å²) < 4.78 is 29.3. The number of anilines is 2. The molecule has 0 amide bonds. The second-order valence-corrected chi connectivity index (χ2v) is 13.2. The number of pyridine rings is 2. The zero-order chi connectivity index (χ0) is 31.9. The average molecular weight is 627 g/mol. The van der Waals surface area contributed by atoms with Crippen LogP contribution >= 0.6 is 11.6 Å². The summed E-state index contributed by atoms with van der Waals surface area (Å²) >= 11 is 6.80. The van der Waals surface area contributed by atoms with Gasteiger partial charge in [0.05, 0.1) is 34.0 Å². The maximum absolute atomic E-state index is 14.0. The summed E-state index contributed by atoms with van der Waals surface area (Å²) in [5.41, 5.74) is 5.27. The predicted octanol–water partition coefficient (Wildman–Crippen LogP) is 8.14. The van der Waals surface area contributed by atoms with Gasteiger partial charge >= 0.3 is 0 Å². The fourth-order valence-corrected chi connectivity index (χ4v) is 5.83. The molecule has 1 fully saturated rings. The van der Waals surface area contributed by atoms with Crippen molar-refractivity contribution >= 4 is 33.9 Å². The van der Waals surface area contributed by atoms with Crippen LogP contribution in [0.3, 0.4) is 0 Å². The third-order valence-corrected chi connectivity index (χ3v) is 8.55. The molecule has 6 rings (SSSR count). The lowest BCUT2D eigenvalue weighted by Gasteiger charge is -2.24. The number of halogens is 3. The van der Waals surface area contributed by atoms with Gasteiger partial charge in [0.25, 0.3) is 6.43 Å². The Balaban J connectivity index is 1.48. The van der Waals surface area contributed by atoms with E-state index < -0.39 is 18.0 Å². The molecule has 3 aromatic heterocycles. The van der Waals surface area contributed by atoms with Gasteiger partial charge < -0.3 is 10.6 Å². The molecule has 0 bridgehead atoms. The molecule has 11 heteroatoms. The van der Waals surface area contributed by atoms with Crippen LogP contribution in [0.1, 0.15) is 62.0 Å². The van der Waals surface area contributed by atoms with Crippen molar-refractivity contribution in [3.8, 4) is 17.2 Å². The van der Waals surface area contributed by atoms with Crippen LogP contribution in [-0.4, -0.2) is 37.9 Å². The first-order valence-electron chi connectivity index (χ1n) is 14.7. The summed E-state index contributed by atoms with van der Waals surface area (Å²) in [5, 5.41) is 26.6. The van der Waals surface area contributed by atoms with Gasteiger partial charge in [-0.15, -0.1) is 5.10 Å². The summed E-state index contributed by atoms with van der Waals surface area (Å²) in [6.45, 7) is 8.96. The second-order valence-electron chi connectivity index (χ2n) is 12.8. The van der Waals surface area contributed by atoms with Crippen molar-refractivity contribution in [1.82, 2.24) is 25.0 Å². The van der Waals surface area contributed by atoms with Crippen LogP contribution < -0.4 is 10.6 Å². The molecule has 8 nitrogen and oxygen atoms in total. The number of fused-ring (bicyclic) bond motifs is 1. The molecule has 1 atom stereocenters. The summed E-state index contributed by atoms with van der Waals surface area (Å²) in [6, 6.07) is 15.2. The lowest BCUT2D eigenvalue weighted by atomic mass is 9.92. The van der Waals surface area contributed by atoms with E-state index in [1.54, 1.807) is 24.7 Å². The van der Waals surface area contributed by atoms with Crippen LogP contribution in [0.4, 0.5) is 20.2 Å². The molecular weight excluding hydrogens is 594 g/mol. The standard InChI is InChI=1S/C34H33ClF2N8/c1-20-24(21-8-12-39-13-9-21)6-5-7-25(20)31(28-18-45(44-43-28)34(10-11-34)32(36)37)42-23-14-26-29(41-19-33(2,3)4)22(16-38)17-40-30(26)27(35)15-23/h5-9,12-15,17-18,31-32,42H,10-11,19H2,1-4H3,(H,40,41)/t31-/m0/s1. The Kier molecular flexibility index (Phi) is 7.91. The smallest absolute Gasteiger partial charge is 0.263 e. The molecule has 1 saturated carbocycles. The third kappa shape index (κ3) is 5.92. The molecule has 3 heterocycles. The van der Waals surface area contributed by atoms with Gasteiger partial charge in [0.15, 0.2) is 0 Å². The Morgan fingerprint density at radius 3 is 2.56 bits per heavy atom. The average Bonchev–Trinajstić information content (AvgIpc) is 3.69. The van der Waals surface area contributed by atoms with Crippen molar-refractivity contribution in [3.63, 3.8) is 0 Å². The minimum absolute atomic E-state index is 0.0482. The van der Waals surface area contributed by atoms with E-state index in [0.29, 0.717) is 57.9 Å². The number of alkyl halides is 2. The van der Waals surface area contributed by atoms with Crippen LogP contribution in [0.5, 0.6) is 0 Å². The molecule has 2 N–H and O–H groups in total. The van der Waals surface area contributed by atoms with Crippen molar-refractivity contribution in [2.45, 2.75) is 58.5 Å². The highest BCUT2D eigenvalue weighted by molar-refractivity contribution is 6.35. The van der Waals surface area contributed by atoms with E-state index in [0.717, 1.165) is 22.3 Å². The van der Waals surface area contributed by atoms with Crippen molar-refractivity contribution < 1.29 is 8.78 Å². The van der Waals surface area contributed by atoms with E-state index in [4.69, 9.17) is 11.6 Å². The molecule has 1 aliphatic rings. The zero-order valence-electron chi connectivity index (χ0n) is 25.4. The molecule has 0 aliphatic heterocycles. The van der Waals surface area contributed by atoms with E-state index in [1.165, 1.54) is 10.9 Å². The summed E-state index contributed by atoms with van der Waals surface area (Å²) in [7, 11) is 0. The monoisotopic (exact) mass is 626 g/mol. The van der Waals surface area contributed by atoms with E-state index in [2.05, 4.69) is 57.8 Å². The van der Waals surface area contributed by atoms with Crippen LogP contribution in [0.25, 0.3) is 22.0 Å². The van der Waals surface area contributed by atoms with E-state index in [9.17, 15) is 14.0 Å². The van der Waals surface area contributed by atoms with Gasteiger partial charge in [0, 0.05) is 36.2 Å². The lowest BCUT2D eigenvalue weighted by molar-refractivity contribution is 0.0593. The fraction of sp³-hybridized carbons (Fsp3) is 0.324. The van der Waals surface area contributed by atoms with E-state index in [-0.39, 0.29) is 5.41 Å². The minimum Gasteiger partial charge on any atom is -0.383 e. The molecule has 1 aliphatic carbocycles. The number of hydrogen-bond donors (Lipinski definition) is 2. The Morgan fingerprint density at radius 2 is 1.89 bits per heavy atom. The highest BCUT2D eigenvalue weighted by atomic mass is 35.5. The van der Waals surface area contributed by atoms with Crippen LogP contribution in [-0.2, 0) is 5.54 Å². The minimum atomic E-state index is -2.55. The first-order chi connectivity index (χ1) is 21.5. The van der Waals surface area contributed by atoms with Gasteiger partial charge in [-0.25, -0.2) is 13.5 Å². The van der Waals surface area contributed by atoms with Crippen molar-refractivity contribution in [2.75, 3.05) is 17.2 Å². The second kappa shape index (κ2) is 11.7. The van der Waals surface area contributed by atoms with E-state index in [1.807, 2.05) is 43.3 Å². The normalized spacial score (nSPS) is 14.7. The Hall–Kier alpha value is -4.62. The highest BCUT2D eigenvalue weighted by Crippen LogP contribution is 2.48. The molecule has 2 aromatic carbocycles. The SMILES string of the molecule is Cc1c(-c2ccncc2)cccc1[C@H](Nc1cc(Cl)c2ncc(C#N)c(NCC(C)(C)C)c2c1)c1cn(C2(C(F)F)CC2)nn1. The quantitative estimate of drug-likeness (QED) is 0.170. The van der Waals surface area contributed by atoms with Gasteiger partial charge in [-0.2, -0.15) is 5.26 Å². The van der Waals surface area contributed by atoms with Gasteiger partial charge in [-0.05, 0) is 71.7 Å². The first kappa shape index (κ1) is 30.4. The van der Waals surface area contributed by atoms with Gasteiger partial charge in [-0.1, -0.05) is 55.8 Å². The number of rotatable bonds is 9. The lowest BCUT2D eigenvalue weighted by Crippen LogP contribution is -2.26. The van der Waals surface area contributed by atoms with Crippen molar-refractivity contribution in [2.24, 2.45) is 5.41 Å². The molecule has 0 spiro atoms. The maximum Gasteiger partial charge on any atom is 0.263 e. The van der Waals surface area contributed by atoms with Crippen LogP contribution in [0.15, 0.2) is 67.3 Å². The molecule has 230 valence electrons. The van der Waals surface area contributed by atoms with Crippen molar-refractivity contribution in [3.05, 3.63) is 94.7 Å². The first-order valence-corrected chi connectivity index (χ1v) is 15.1. The Morgan fingerprint density at radius 1 is 1.13 bits per heavy atom. The summed E-state index contributed by atoms with van der Waals surface area (Å²) in [5.74, 6) is 0. The zero-order valence-corrected chi connectivity index (χ0v) is 26.2. The Labute approximate surface area is 265 Å². The molecule has 0 radical (unpaired) electrons. The highest BCUT2D eigenvalue weighted by Gasteiger charge is 2.54. The molecule has 0 unspecified atom stereocenters. The van der Waals surface area contributed by atoms with Crippen LogP contribution in [0, 0.1) is 23.7 Å². The number of nitriles is 1. The van der Waals surface area contributed by atoms with Gasteiger partial charge in [0.2, 0.25) is 0 Å².